The molecule has 2 rings (SSSR count). The van der Waals surface area contributed by atoms with Crippen molar-refractivity contribution in [2.45, 2.75) is 25.8 Å². The van der Waals surface area contributed by atoms with Crippen LogP contribution in [0.3, 0.4) is 0 Å². The molecule has 6 heteroatoms. The zero-order valence-electron chi connectivity index (χ0n) is 8.62. The Kier molecular flexibility index (Phi) is 2.96. The number of carbonyl (C=O) groups is 1. The van der Waals surface area contributed by atoms with Gasteiger partial charge in [-0.05, 0) is 19.4 Å². The average molecular weight is 210 g/mol. The van der Waals surface area contributed by atoms with E-state index in [1.54, 1.807) is 6.92 Å². The Morgan fingerprint density at radius 3 is 3.13 bits per heavy atom. The molecule has 0 radical (unpaired) electrons. The predicted molar refractivity (Wildman–Crippen MR) is 52.4 cm³/mol. The summed E-state index contributed by atoms with van der Waals surface area (Å²) in [6.45, 7) is 3.49. The number of amides is 1. The summed E-state index contributed by atoms with van der Waals surface area (Å²) in [6.07, 6.45) is 2.08. The topological polar surface area (TPSA) is 80.0 Å². The molecule has 1 saturated heterocycles. The Morgan fingerprint density at radius 1 is 1.67 bits per heavy atom. The molecule has 1 aromatic rings. The monoisotopic (exact) mass is 210 g/mol. The van der Waals surface area contributed by atoms with Crippen LogP contribution in [0.25, 0.3) is 0 Å². The summed E-state index contributed by atoms with van der Waals surface area (Å²) in [6, 6.07) is 0.171. The van der Waals surface area contributed by atoms with Gasteiger partial charge in [-0.1, -0.05) is 5.16 Å². The fourth-order valence-electron chi connectivity index (χ4n) is 1.62. The van der Waals surface area contributed by atoms with Crippen LogP contribution in [-0.4, -0.2) is 35.2 Å². The van der Waals surface area contributed by atoms with Gasteiger partial charge in [-0.15, -0.1) is 0 Å². The molecule has 0 unspecified atom stereocenters. The van der Waals surface area contributed by atoms with Crippen molar-refractivity contribution in [1.82, 2.24) is 20.8 Å². The summed E-state index contributed by atoms with van der Waals surface area (Å²) >= 11 is 0. The highest BCUT2D eigenvalue weighted by molar-refractivity contribution is 5.90. The highest BCUT2D eigenvalue weighted by atomic mass is 16.5. The summed E-state index contributed by atoms with van der Waals surface area (Å²) in [5.74, 6) is 0.251. The Bertz CT molecular complexity index is 344. The van der Waals surface area contributed by atoms with Gasteiger partial charge in [-0.25, -0.2) is 0 Å². The van der Waals surface area contributed by atoms with Gasteiger partial charge in [-0.3, -0.25) is 4.79 Å². The van der Waals surface area contributed by atoms with Gasteiger partial charge in [0.05, 0.1) is 0 Å². The number of aryl methyl sites for hydroxylation is 1. The molecule has 1 aliphatic rings. The molecule has 6 nitrogen and oxygen atoms in total. The van der Waals surface area contributed by atoms with Gasteiger partial charge in [0.2, 0.25) is 5.89 Å². The Balaban J connectivity index is 1.91. The third kappa shape index (κ3) is 2.53. The highest BCUT2D eigenvalue weighted by Gasteiger charge is 2.19. The van der Waals surface area contributed by atoms with Crippen LogP contribution in [0.5, 0.6) is 0 Å². The van der Waals surface area contributed by atoms with Gasteiger partial charge in [0, 0.05) is 19.5 Å². The minimum Gasteiger partial charge on any atom is -0.345 e. The van der Waals surface area contributed by atoms with Gasteiger partial charge in [0.1, 0.15) is 0 Å². The predicted octanol–water partition coefficient (Wildman–Crippen LogP) is -0.140. The van der Waals surface area contributed by atoms with E-state index in [2.05, 4.69) is 20.8 Å². The number of nitrogens with zero attached hydrogens (tertiary/aromatic N) is 2. The smallest absolute Gasteiger partial charge is 0.292 e. The SMILES string of the molecule is Cc1nc(C(=O)N[C@H]2CCCNC2)no1. The summed E-state index contributed by atoms with van der Waals surface area (Å²) in [7, 11) is 0. The highest BCUT2D eigenvalue weighted by Crippen LogP contribution is 2.02. The molecule has 0 bridgehead atoms. The third-order valence-corrected chi connectivity index (χ3v) is 2.36. The van der Waals surface area contributed by atoms with E-state index in [-0.39, 0.29) is 17.8 Å². The molecule has 1 amide bonds. The van der Waals surface area contributed by atoms with Crippen molar-refractivity contribution in [2.24, 2.45) is 0 Å². The number of carbonyl (C=O) groups excluding carboxylic acids is 1. The fraction of sp³-hybridized carbons (Fsp3) is 0.667. The molecule has 82 valence electrons. The van der Waals surface area contributed by atoms with Crippen molar-refractivity contribution in [3.05, 3.63) is 11.7 Å². The van der Waals surface area contributed by atoms with Crippen LogP contribution in [0.4, 0.5) is 0 Å². The number of hydrogen-bond acceptors (Lipinski definition) is 5. The molecule has 2 heterocycles. The second kappa shape index (κ2) is 4.39. The molecular formula is C9H14N4O2. The van der Waals surface area contributed by atoms with E-state index in [4.69, 9.17) is 4.52 Å². The first-order chi connectivity index (χ1) is 7.25. The van der Waals surface area contributed by atoms with Crippen LogP contribution in [0.2, 0.25) is 0 Å². The van der Waals surface area contributed by atoms with E-state index in [1.165, 1.54) is 0 Å². The first-order valence-electron chi connectivity index (χ1n) is 5.07. The van der Waals surface area contributed by atoms with E-state index in [0.717, 1.165) is 25.9 Å². The van der Waals surface area contributed by atoms with Crippen molar-refractivity contribution >= 4 is 5.91 Å². The van der Waals surface area contributed by atoms with Crippen molar-refractivity contribution in [2.75, 3.05) is 13.1 Å². The first kappa shape index (κ1) is 10.1. The number of aromatic nitrogens is 2. The standard InChI is InChI=1S/C9H14N4O2/c1-6-11-8(13-15-6)9(14)12-7-3-2-4-10-5-7/h7,10H,2-5H2,1H3,(H,12,14)/t7-/m0/s1. The molecule has 15 heavy (non-hydrogen) atoms. The van der Waals surface area contributed by atoms with E-state index in [9.17, 15) is 4.79 Å². The maximum Gasteiger partial charge on any atom is 0.292 e. The fourth-order valence-corrected chi connectivity index (χ4v) is 1.62. The maximum atomic E-state index is 11.6. The van der Waals surface area contributed by atoms with Gasteiger partial charge >= 0.3 is 0 Å². The second-order valence-corrected chi connectivity index (χ2v) is 3.65. The van der Waals surface area contributed by atoms with Crippen LogP contribution < -0.4 is 10.6 Å². The van der Waals surface area contributed by atoms with Gasteiger partial charge in [0.25, 0.3) is 11.7 Å². The zero-order chi connectivity index (χ0) is 10.7. The Hall–Kier alpha value is -1.43. The summed E-state index contributed by atoms with van der Waals surface area (Å²) < 4.78 is 4.74. The molecule has 1 atom stereocenters. The molecule has 2 N–H and O–H groups in total. The molecular weight excluding hydrogens is 196 g/mol. The van der Waals surface area contributed by atoms with Crippen LogP contribution in [0.1, 0.15) is 29.4 Å². The lowest BCUT2D eigenvalue weighted by atomic mass is 10.1. The first-order valence-corrected chi connectivity index (χ1v) is 5.07. The summed E-state index contributed by atoms with van der Waals surface area (Å²) in [5, 5.41) is 9.64. The Labute approximate surface area is 87.4 Å². The van der Waals surface area contributed by atoms with Crippen molar-refractivity contribution < 1.29 is 9.32 Å². The zero-order valence-corrected chi connectivity index (χ0v) is 8.62. The maximum absolute atomic E-state index is 11.6. The second-order valence-electron chi connectivity index (χ2n) is 3.65. The largest absolute Gasteiger partial charge is 0.345 e. The Morgan fingerprint density at radius 2 is 2.53 bits per heavy atom. The van der Waals surface area contributed by atoms with E-state index >= 15 is 0 Å². The van der Waals surface area contributed by atoms with Crippen LogP contribution in [0, 0.1) is 6.92 Å². The van der Waals surface area contributed by atoms with Crippen molar-refractivity contribution in [1.29, 1.82) is 0 Å². The molecule has 0 saturated carbocycles. The van der Waals surface area contributed by atoms with E-state index < -0.39 is 0 Å². The molecule has 1 aromatic heterocycles. The molecule has 1 aliphatic heterocycles. The number of nitrogens with one attached hydrogen (secondary N) is 2. The number of hydrogen-bond donors (Lipinski definition) is 2. The molecule has 0 aromatic carbocycles. The van der Waals surface area contributed by atoms with Gasteiger partial charge < -0.3 is 15.2 Å². The number of piperidine rings is 1. The molecule has 0 aliphatic carbocycles. The minimum atomic E-state index is -0.263. The van der Waals surface area contributed by atoms with Crippen LogP contribution in [-0.2, 0) is 0 Å². The third-order valence-electron chi connectivity index (χ3n) is 2.36. The van der Waals surface area contributed by atoms with E-state index in [1.807, 2.05) is 0 Å². The van der Waals surface area contributed by atoms with Crippen molar-refractivity contribution in [3.8, 4) is 0 Å². The lowest BCUT2D eigenvalue weighted by molar-refractivity contribution is 0.0917. The average Bonchev–Trinajstić information content (AvgIpc) is 2.66. The van der Waals surface area contributed by atoms with E-state index in [0.29, 0.717) is 5.89 Å². The lowest BCUT2D eigenvalue weighted by Crippen LogP contribution is -2.45. The molecule has 0 spiro atoms. The van der Waals surface area contributed by atoms with Gasteiger partial charge in [0.15, 0.2) is 0 Å². The van der Waals surface area contributed by atoms with Gasteiger partial charge in [-0.2, -0.15) is 4.98 Å². The minimum absolute atomic E-state index is 0.109. The lowest BCUT2D eigenvalue weighted by Gasteiger charge is -2.22. The summed E-state index contributed by atoms with van der Waals surface area (Å²) in [5.41, 5.74) is 0. The normalized spacial score (nSPS) is 21.3. The molecule has 1 fully saturated rings. The number of rotatable bonds is 2. The van der Waals surface area contributed by atoms with Crippen LogP contribution in [0.15, 0.2) is 4.52 Å². The summed E-state index contributed by atoms with van der Waals surface area (Å²) in [4.78, 5) is 15.5. The van der Waals surface area contributed by atoms with Crippen molar-refractivity contribution in [3.63, 3.8) is 0 Å². The quantitative estimate of drug-likeness (QED) is 0.710. The van der Waals surface area contributed by atoms with Crippen LogP contribution >= 0.6 is 0 Å².